The molecule has 7 nitrogen and oxygen atoms in total. The first-order valence-electron chi connectivity index (χ1n) is 11.3. The van der Waals surface area contributed by atoms with Gasteiger partial charge in [0.05, 0.1) is 5.54 Å². The molecular weight excluding hydrogens is 483 g/mol. The monoisotopic (exact) mass is 507 g/mol. The van der Waals surface area contributed by atoms with E-state index in [1.54, 1.807) is 30.3 Å². The molecule has 2 fully saturated rings. The summed E-state index contributed by atoms with van der Waals surface area (Å²) in [6.45, 7) is -1.72. The first-order chi connectivity index (χ1) is 16.5. The zero-order valence-electron chi connectivity index (χ0n) is 18.6. The van der Waals surface area contributed by atoms with Gasteiger partial charge in [-0.1, -0.05) is 18.2 Å². The van der Waals surface area contributed by atoms with Gasteiger partial charge in [-0.05, 0) is 66.8 Å². The Balaban J connectivity index is 1.42. The van der Waals surface area contributed by atoms with Gasteiger partial charge in [-0.15, -0.1) is 0 Å². The number of nitrogens with one attached hydrogen (secondary N) is 1. The molecule has 1 saturated heterocycles. The van der Waals surface area contributed by atoms with Gasteiger partial charge in [0.15, 0.2) is 0 Å². The second-order valence-electron chi connectivity index (χ2n) is 9.50. The number of pyridine rings is 1. The van der Waals surface area contributed by atoms with Crippen molar-refractivity contribution in [2.45, 2.75) is 37.4 Å². The number of carbonyl (C=O) groups is 1. The standard InChI is InChI=1S/C24H24F3N3O4S/c25-24(26,27)14-30-13-23(29-35(30,33)34)18-6-7-19(23)11-17-9-16(5-4-15(17)10-18)21(31)12-22(32)20-3-1-2-8-28-20/h1-5,8-9,12,18-19,29,31H,6-7,10-11,13-14H2/b21-12-/t18-,19+,23-/m1/s1. The van der Waals surface area contributed by atoms with Crippen LogP contribution in [0.15, 0.2) is 48.7 Å². The zero-order chi connectivity index (χ0) is 25.0. The molecule has 3 aliphatic rings. The number of halogens is 3. The van der Waals surface area contributed by atoms with Gasteiger partial charge in [-0.3, -0.25) is 9.78 Å². The Morgan fingerprint density at radius 1 is 1.17 bits per heavy atom. The van der Waals surface area contributed by atoms with Crippen molar-refractivity contribution in [1.82, 2.24) is 14.0 Å². The quantitative estimate of drug-likeness (QED) is 0.375. The van der Waals surface area contributed by atoms with Crippen molar-refractivity contribution < 1.29 is 31.5 Å². The second kappa shape index (κ2) is 8.42. The van der Waals surface area contributed by atoms with E-state index in [0.29, 0.717) is 29.1 Å². The molecule has 2 bridgehead atoms. The topological polar surface area (TPSA) is 99.6 Å². The minimum Gasteiger partial charge on any atom is -0.507 e. The molecule has 2 heterocycles. The van der Waals surface area contributed by atoms with Crippen LogP contribution in [-0.2, 0) is 23.1 Å². The van der Waals surface area contributed by atoms with E-state index < -0.39 is 34.3 Å². The van der Waals surface area contributed by atoms with Crippen LogP contribution in [-0.4, -0.2) is 53.4 Å². The van der Waals surface area contributed by atoms with Gasteiger partial charge in [-0.25, -0.2) is 0 Å². The number of hydrogen-bond acceptors (Lipinski definition) is 5. The van der Waals surface area contributed by atoms with Crippen LogP contribution < -0.4 is 4.72 Å². The van der Waals surface area contributed by atoms with E-state index in [1.807, 2.05) is 6.07 Å². The molecule has 3 atom stereocenters. The maximum Gasteiger partial charge on any atom is 0.402 e. The first-order valence-corrected chi connectivity index (χ1v) is 12.7. The molecule has 0 amide bonds. The summed E-state index contributed by atoms with van der Waals surface area (Å²) in [4.78, 5) is 16.4. The number of aliphatic hydroxyl groups excluding tert-OH is 1. The van der Waals surface area contributed by atoms with E-state index in [9.17, 15) is 31.5 Å². The predicted molar refractivity (Wildman–Crippen MR) is 122 cm³/mol. The molecule has 2 aromatic rings. The number of aromatic nitrogens is 1. The normalized spacial score (nSPS) is 28.1. The Bertz CT molecular complexity index is 1300. The van der Waals surface area contributed by atoms with Gasteiger partial charge in [0, 0.05) is 24.4 Å². The number of hydrogen-bond donors (Lipinski definition) is 2. The molecule has 2 N–H and O–H groups in total. The summed E-state index contributed by atoms with van der Waals surface area (Å²) >= 11 is 0. The number of aliphatic hydroxyl groups is 1. The van der Waals surface area contributed by atoms with E-state index >= 15 is 0 Å². The Morgan fingerprint density at radius 3 is 2.54 bits per heavy atom. The lowest BCUT2D eigenvalue weighted by Gasteiger charge is -2.33. The van der Waals surface area contributed by atoms with E-state index in [-0.39, 0.29) is 29.8 Å². The lowest BCUT2D eigenvalue weighted by molar-refractivity contribution is -0.136. The fourth-order valence-corrected chi connectivity index (χ4v) is 7.50. The average molecular weight is 508 g/mol. The van der Waals surface area contributed by atoms with Crippen LogP contribution in [0.4, 0.5) is 13.2 Å². The van der Waals surface area contributed by atoms with Crippen molar-refractivity contribution in [3.63, 3.8) is 0 Å². The summed E-state index contributed by atoms with van der Waals surface area (Å²) in [6.07, 6.45) is 0.357. The first kappa shape index (κ1) is 24.0. The summed E-state index contributed by atoms with van der Waals surface area (Å²) in [5.74, 6) is -0.979. The third-order valence-electron chi connectivity index (χ3n) is 7.39. The summed E-state index contributed by atoms with van der Waals surface area (Å²) in [5, 5.41) is 10.6. The van der Waals surface area contributed by atoms with Crippen molar-refractivity contribution in [2.75, 3.05) is 13.1 Å². The molecule has 1 saturated carbocycles. The number of fused-ring (bicyclic) bond motifs is 1. The Kier molecular flexibility index (Phi) is 5.77. The maximum absolute atomic E-state index is 13.0. The smallest absolute Gasteiger partial charge is 0.402 e. The van der Waals surface area contributed by atoms with Crippen LogP contribution in [0.1, 0.15) is 40.0 Å². The average Bonchev–Trinajstić information content (AvgIpc) is 3.17. The van der Waals surface area contributed by atoms with Crippen molar-refractivity contribution in [2.24, 2.45) is 11.8 Å². The molecule has 1 aromatic heterocycles. The van der Waals surface area contributed by atoms with Gasteiger partial charge >= 0.3 is 6.18 Å². The number of benzene rings is 1. The minimum absolute atomic E-state index is 0.137. The lowest BCUT2D eigenvalue weighted by Crippen LogP contribution is -2.52. The van der Waals surface area contributed by atoms with E-state index in [1.165, 1.54) is 6.20 Å². The van der Waals surface area contributed by atoms with Gasteiger partial charge < -0.3 is 5.11 Å². The van der Waals surface area contributed by atoms with E-state index in [2.05, 4.69) is 9.71 Å². The number of ketones is 1. The molecule has 1 spiro atoms. The lowest BCUT2D eigenvalue weighted by atomic mass is 9.79. The van der Waals surface area contributed by atoms with Crippen molar-refractivity contribution >= 4 is 21.8 Å². The third-order valence-corrected chi connectivity index (χ3v) is 8.97. The van der Waals surface area contributed by atoms with Crippen LogP contribution in [0.25, 0.3) is 5.76 Å². The van der Waals surface area contributed by atoms with Crippen molar-refractivity contribution in [3.8, 4) is 0 Å². The summed E-state index contributed by atoms with van der Waals surface area (Å²) < 4.78 is 67.5. The van der Waals surface area contributed by atoms with Crippen molar-refractivity contribution in [3.05, 3.63) is 71.1 Å². The molecule has 0 radical (unpaired) electrons. The number of rotatable bonds is 4. The van der Waals surface area contributed by atoms with E-state index in [4.69, 9.17) is 0 Å². The highest BCUT2D eigenvalue weighted by Gasteiger charge is 2.60. The highest BCUT2D eigenvalue weighted by molar-refractivity contribution is 7.87. The number of allylic oxidation sites excluding steroid dienone is 1. The molecule has 2 aliphatic carbocycles. The molecule has 1 aromatic carbocycles. The van der Waals surface area contributed by atoms with Gasteiger partial charge in [-0.2, -0.15) is 30.6 Å². The van der Waals surface area contributed by atoms with E-state index in [0.717, 1.165) is 23.6 Å². The highest BCUT2D eigenvalue weighted by Crippen LogP contribution is 2.50. The molecular formula is C24H24F3N3O4S. The molecule has 1 aliphatic heterocycles. The SMILES string of the molecule is O=C(/C=C(\O)c1ccc2c(c1)C[C@@H]1CC[C@H](C2)[C@]12CN(CC(F)(F)F)S(=O)(=O)N2)c1ccccn1. The largest absolute Gasteiger partial charge is 0.507 e. The van der Waals surface area contributed by atoms with Gasteiger partial charge in [0.2, 0.25) is 5.78 Å². The number of carbonyl (C=O) groups excluding carboxylic acids is 1. The van der Waals surface area contributed by atoms with Gasteiger partial charge in [0.25, 0.3) is 10.2 Å². The number of alkyl halides is 3. The number of nitrogens with zero attached hydrogens (tertiary/aromatic N) is 2. The molecule has 11 heteroatoms. The van der Waals surface area contributed by atoms with Crippen LogP contribution >= 0.6 is 0 Å². The Labute approximate surface area is 200 Å². The highest BCUT2D eigenvalue weighted by atomic mass is 32.2. The fraction of sp³-hybridized carbons (Fsp3) is 0.417. The summed E-state index contributed by atoms with van der Waals surface area (Å²) in [6, 6.07) is 10.2. The molecule has 35 heavy (non-hydrogen) atoms. The Morgan fingerprint density at radius 2 is 1.89 bits per heavy atom. The summed E-state index contributed by atoms with van der Waals surface area (Å²) in [7, 11) is -4.25. The molecule has 0 unspecified atom stereocenters. The molecule has 186 valence electrons. The molecule has 5 rings (SSSR count). The predicted octanol–water partition coefficient (Wildman–Crippen LogP) is 3.44. The minimum atomic E-state index is -4.63. The van der Waals surface area contributed by atoms with Crippen LogP contribution in [0.3, 0.4) is 0 Å². The van der Waals surface area contributed by atoms with Crippen LogP contribution in [0.2, 0.25) is 0 Å². The summed E-state index contributed by atoms with van der Waals surface area (Å²) in [5.41, 5.74) is 1.54. The van der Waals surface area contributed by atoms with Gasteiger partial charge in [0.1, 0.15) is 18.0 Å². The Hall–Kier alpha value is -2.76. The van der Waals surface area contributed by atoms with Crippen molar-refractivity contribution in [1.29, 1.82) is 0 Å². The fourth-order valence-electron chi connectivity index (χ4n) is 5.79. The maximum atomic E-state index is 13.0. The second-order valence-corrected chi connectivity index (χ2v) is 11.2. The zero-order valence-corrected chi connectivity index (χ0v) is 19.4. The van der Waals surface area contributed by atoms with Crippen LogP contribution in [0, 0.1) is 11.8 Å². The van der Waals surface area contributed by atoms with Crippen LogP contribution in [0.5, 0.6) is 0 Å². The third kappa shape index (κ3) is 4.48.